The maximum absolute atomic E-state index is 12.7. The third-order valence-corrected chi connectivity index (χ3v) is 6.27. The molecule has 2 amide bonds. The number of aliphatic hydroxyl groups excluding tert-OH is 1. The van der Waals surface area contributed by atoms with Crippen molar-refractivity contribution in [3.63, 3.8) is 0 Å². The van der Waals surface area contributed by atoms with E-state index in [9.17, 15) is 14.9 Å². The molecular formula is C22H25N3O4S. The molecule has 8 heteroatoms. The quantitative estimate of drug-likeness (QED) is 0.707. The Balaban J connectivity index is 1.70. The Morgan fingerprint density at radius 2 is 2.23 bits per heavy atom. The van der Waals surface area contributed by atoms with Crippen LogP contribution < -0.4 is 10.1 Å². The predicted octanol–water partition coefficient (Wildman–Crippen LogP) is 3.03. The van der Waals surface area contributed by atoms with Crippen molar-refractivity contribution in [2.45, 2.75) is 39.2 Å². The number of carbonyl (C=O) groups excluding carboxylic acids is 2. The molecule has 3 rings (SSSR count). The number of nitrogens with one attached hydrogen (secondary N) is 1. The number of fused-ring (bicyclic) bond motifs is 1. The fourth-order valence-corrected chi connectivity index (χ4v) is 4.80. The fraction of sp³-hybridized carbons (Fsp3) is 0.409. The van der Waals surface area contributed by atoms with Crippen molar-refractivity contribution in [3.8, 4) is 11.8 Å². The second-order valence-electron chi connectivity index (χ2n) is 7.20. The summed E-state index contributed by atoms with van der Waals surface area (Å²) in [5, 5.41) is 22.1. The minimum atomic E-state index is -0.530. The van der Waals surface area contributed by atoms with Gasteiger partial charge in [0.25, 0.3) is 0 Å². The third kappa shape index (κ3) is 4.81. The molecule has 1 aromatic carbocycles. The van der Waals surface area contributed by atoms with Gasteiger partial charge in [0.05, 0.1) is 18.7 Å². The summed E-state index contributed by atoms with van der Waals surface area (Å²) in [6, 6.07) is 9.91. The van der Waals surface area contributed by atoms with Crippen LogP contribution in [0.25, 0.3) is 0 Å². The van der Waals surface area contributed by atoms with Crippen molar-refractivity contribution >= 4 is 28.2 Å². The number of nitriles is 1. The molecule has 0 aliphatic carbocycles. The standard InChI is InChI=1S/C22H25N3O4S/c1-3-29-16-6-4-5-15(10-16)14(2)9-20(27)24-22-18(11-23)17-7-8-25(21(28)13-26)12-19(17)30-22/h4-6,10,14,26H,3,7-9,12-13H2,1-2H3,(H,24,27). The van der Waals surface area contributed by atoms with Gasteiger partial charge in [-0.2, -0.15) is 5.26 Å². The monoisotopic (exact) mass is 427 g/mol. The van der Waals surface area contributed by atoms with Crippen LogP contribution in [-0.4, -0.2) is 41.6 Å². The Bertz CT molecular complexity index is 979. The summed E-state index contributed by atoms with van der Waals surface area (Å²) in [6.07, 6.45) is 0.815. The van der Waals surface area contributed by atoms with E-state index in [0.29, 0.717) is 36.7 Å². The lowest BCUT2D eigenvalue weighted by atomic mass is 9.97. The Morgan fingerprint density at radius 3 is 2.93 bits per heavy atom. The summed E-state index contributed by atoms with van der Waals surface area (Å²) >= 11 is 1.33. The fourth-order valence-electron chi connectivity index (χ4n) is 3.57. The predicted molar refractivity (Wildman–Crippen MR) is 115 cm³/mol. The Labute approximate surface area is 179 Å². The average molecular weight is 428 g/mol. The van der Waals surface area contributed by atoms with E-state index in [1.165, 1.54) is 11.3 Å². The van der Waals surface area contributed by atoms with Crippen LogP contribution >= 0.6 is 11.3 Å². The summed E-state index contributed by atoms with van der Waals surface area (Å²) in [4.78, 5) is 26.9. The first-order valence-electron chi connectivity index (χ1n) is 9.92. The topological polar surface area (TPSA) is 103 Å². The molecule has 0 fully saturated rings. The summed E-state index contributed by atoms with van der Waals surface area (Å²) in [5.74, 6) is 0.272. The molecule has 0 bridgehead atoms. The zero-order valence-corrected chi connectivity index (χ0v) is 17.9. The van der Waals surface area contributed by atoms with Gasteiger partial charge in [0.2, 0.25) is 11.8 Å². The van der Waals surface area contributed by atoms with Crippen LogP contribution in [-0.2, 0) is 22.6 Å². The molecule has 1 aliphatic rings. The normalized spacial score (nSPS) is 13.9. The SMILES string of the molecule is CCOc1cccc(C(C)CC(=O)Nc2sc3c(c2C#N)CCN(C(=O)CO)C3)c1. The highest BCUT2D eigenvalue weighted by molar-refractivity contribution is 7.16. The third-order valence-electron chi connectivity index (χ3n) is 5.14. The largest absolute Gasteiger partial charge is 0.494 e. The number of carbonyl (C=O) groups is 2. The van der Waals surface area contributed by atoms with Crippen LogP contribution in [0.2, 0.25) is 0 Å². The van der Waals surface area contributed by atoms with Crippen molar-refractivity contribution in [1.82, 2.24) is 4.90 Å². The molecule has 0 radical (unpaired) electrons. The van der Waals surface area contributed by atoms with Gasteiger partial charge in [-0.1, -0.05) is 19.1 Å². The molecular weight excluding hydrogens is 402 g/mol. The van der Waals surface area contributed by atoms with E-state index in [0.717, 1.165) is 21.8 Å². The van der Waals surface area contributed by atoms with Crippen LogP contribution in [0.4, 0.5) is 5.00 Å². The summed E-state index contributed by atoms with van der Waals surface area (Å²) < 4.78 is 5.53. The number of nitrogens with zero attached hydrogens (tertiary/aromatic N) is 2. The van der Waals surface area contributed by atoms with Gasteiger partial charge in [-0.15, -0.1) is 11.3 Å². The van der Waals surface area contributed by atoms with Crippen LogP contribution in [0.1, 0.15) is 47.8 Å². The Morgan fingerprint density at radius 1 is 1.43 bits per heavy atom. The van der Waals surface area contributed by atoms with Gasteiger partial charge in [-0.05, 0) is 42.5 Å². The first-order valence-corrected chi connectivity index (χ1v) is 10.7. The average Bonchev–Trinajstić information content (AvgIpc) is 3.09. The van der Waals surface area contributed by atoms with Crippen LogP contribution in [0.15, 0.2) is 24.3 Å². The molecule has 2 N–H and O–H groups in total. The molecule has 0 saturated carbocycles. The number of thiophene rings is 1. The van der Waals surface area contributed by atoms with Gasteiger partial charge >= 0.3 is 0 Å². The number of ether oxygens (including phenoxy) is 1. The van der Waals surface area contributed by atoms with E-state index in [1.54, 1.807) is 4.90 Å². The van der Waals surface area contributed by atoms with Crippen molar-refractivity contribution in [2.24, 2.45) is 0 Å². The minimum absolute atomic E-state index is 0.0109. The molecule has 1 aliphatic heterocycles. The number of amides is 2. The van der Waals surface area contributed by atoms with E-state index >= 15 is 0 Å². The maximum Gasteiger partial charge on any atom is 0.248 e. The lowest BCUT2D eigenvalue weighted by Crippen LogP contribution is -2.37. The number of benzene rings is 1. The van der Waals surface area contributed by atoms with Crippen molar-refractivity contribution in [1.29, 1.82) is 5.26 Å². The number of aliphatic hydroxyl groups is 1. The molecule has 0 saturated heterocycles. The Kier molecular flexibility index (Phi) is 7.08. The van der Waals surface area contributed by atoms with Crippen LogP contribution in [0.5, 0.6) is 5.75 Å². The molecule has 0 spiro atoms. The highest BCUT2D eigenvalue weighted by Crippen LogP contribution is 2.37. The lowest BCUT2D eigenvalue weighted by Gasteiger charge is -2.26. The van der Waals surface area contributed by atoms with E-state index < -0.39 is 6.61 Å². The van der Waals surface area contributed by atoms with E-state index in [-0.39, 0.29) is 24.2 Å². The highest BCUT2D eigenvalue weighted by atomic mass is 32.1. The molecule has 158 valence electrons. The van der Waals surface area contributed by atoms with Gasteiger partial charge in [0.15, 0.2) is 0 Å². The summed E-state index contributed by atoms with van der Waals surface area (Å²) in [7, 11) is 0. The molecule has 1 atom stereocenters. The van der Waals surface area contributed by atoms with Gasteiger partial charge in [0, 0.05) is 17.8 Å². The van der Waals surface area contributed by atoms with Crippen molar-refractivity contribution < 1.29 is 19.4 Å². The smallest absolute Gasteiger partial charge is 0.248 e. The van der Waals surface area contributed by atoms with Gasteiger partial charge < -0.3 is 20.1 Å². The van der Waals surface area contributed by atoms with E-state index in [4.69, 9.17) is 9.84 Å². The highest BCUT2D eigenvalue weighted by Gasteiger charge is 2.27. The molecule has 1 aromatic heterocycles. The van der Waals surface area contributed by atoms with E-state index in [2.05, 4.69) is 11.4 Å². The second-order valence-corrected chi connectivity index (χ2v) is 8.31. The maximum atomic E-state index is 12.7. The van der Waals surface area contributed by atoms with E-state index in [1.807, 2.05) is 38.1 Å². The molecule has 1 unspecified atom stereocenters. The lowest BCUT2D eigenvalue weighted by molar-refractivity contribution is -0.135. The van der Waals surface area contributed by atoms with Gasteiger partial charge in [-0.25, -0.2) is 0 Å². The molecule has 7 nitrogen and oxygen atoms in total. The van der Waals surface area contributed by atoms with Crippen LogP contribution in [0.3, 0.4) is 0 Å². The van der Waals surface area contributed by atoms with Crippen LogP contribution in [0, 0.1) is 11.3 Å². The first kappa shape index (κ1) is 21.8. The van der Waals surface area contributed by atoms with Gasteiger partial charge in [0.1, 0.15) is 23.4 Å². The number of rotatable bonds is 7. The molecule has 2 heterocycles. The number of hydrogen-bond acceptors (Lipinski definition) is 6. The first-order chi connectivity index (χ1) is 14.5. The summed E-state index contributed by atoms with van der Waals surface area (Å²) in [6.45, 7) is 4.77. The molecule has 2 aromatic rings. The number of hydrogen-bond donors (Lipinski definition) is 2. The van der Waals surface area contributed by atoms with Crippen molar-refractivity contribution in [3.05, 3.63) is 45.8 Å². The summed E-state index contributed by atoms with van der Waals surface area (Å²) in [5.41, 5.74) is 2.38. The molecule has 30 heavy (non-hydrogen) atoms. The van der Waals surface area contributed by atoms with Gasteiger partial charge in [-0.3, -0.25) is 9.59 Å². The van der Waals surface area contributed by atoms with Crippen molar-refractivity contribution in [2.75, 3.05) is 25.1 Å². The zero-order chi connectivity index (χ0) is 21.7. The Hall–Kier alpha value is -2.89. The second kappa shape index (κ2) is 9.74. The zero-order valence-electron chi connectivity index (χ0n) is 17.1. The number of anilines is 1. The minimum Gasteiger partial charge on any atom is -0.494 e.